The summed E-state index contributed by atoms with van der Waals surface area (Å²) in [5, 5.41) is 19.7. The van der Waals surface area contributed by atoms with E-state index in [1.807, 2.05) is 12.1 Å². The number of anilines is 1. The third-order valence-corrected chi connectivity index (χ3v) is 3.44. The molecule has 0 bridgehead atoms. The van der Waals surface area contributed by atoms with Crippen molar-refractivity contribution in [2.75, 3.05) is 37.6 Å². The van der Waals surface area contributed by atoms with E-state index in [9.17, 15) is 9.90 Å². The Morgan fingerprint density at radius 2 is 1.75 bits per heavy atom. The molecule has 1 aromatic carbocycles. The Morgan fingerprint density at radius 3 is 2.30 bits per heavy atom. The maximum atomic E-state index is 11.1. The number of hydrogen-bond donors (Lipinski definition) is 1. The molecule has 1 aliphatic rings. The second-order valence-electron chi connectivity index (χ2n) is 4.82. The Bertz CT molecular complexity index is 417. The van der Waals surface area contributed by atoms with E-state index in [1.54, 1.807) is 12.1 Å². The molecule has 104 valence electrons. The van der Waals surface area contributed by atoms with Crippen molar-refractivity contribution < 1.29 is 83.9 Å². The van der Waals surface area contributed by atoms with Gasteiger partial charge in [0.15, 0.2) is 0 Å². The second kappa shape index (κ2) is 9.35. The van der Waals surface area contributed by atoms with Crippen LogP contribution in [0, 0.1) is 0 Å². The monoisotopic (exact) mass is 396 g/mol. The first kappa shape index (κ1) is 18.4. The molecule has 1 aromatic rings. The Kier molecular flexibility index (Phi) is 8.58. The van der Waals surface area contributed by atoms with Gasteiger partial charge in [-0.1, -0.05) is 12.1 Å². The summed E-state index contributed by atoms with van der Waals surface area (Å²) in [6.07, 6.45) is 0.950. The van der Waals surface area contributed by atoms with E-state index in [0.29, 0.717) is 6.42 Å². The number of hydrogen-bond acceptors (Lipinski definition) is 4. The van der Waals surface area contributed by atoms with Gasteiger partial charge < -0.3 is 15.1 Å². The summed E-state index contributed by atoms with van der Waals surface area (Å²) in [6.45, 7) is 4.58. The molecule has 1 fully saturated rings. The molecule has 20 heavy (non-hydrogen) atoms. The topological polar surface area (TPSA) is 66.8 Å². The zero-order valence-electron chi connectivity index (χ0n) is 11.9. The largest absolute Gasteiger partial charge is 1.00 e. The predicted octanol–water partition coefficient (Wildman–Crippen LogP) is -2.25. The molecule has 2 rings (SSSR count). The maximum absolute atomic E-state index is 11.1. The minimum atomic E-state index is -0.726. The van der Waals surface area contributed by atoms with Crippen LogP contribution in [0.25, 0.3) is 0 Å². The molecule has 5 nitrogen and oxygen atoms in total. The molecule has 0 amide bonds. The molecular weight excluding hydrogens is 377 g/mol. The zero-order chi connectivity index (χ0) is 13.7. The fourth-order valence-corrected chi connectivity index (χ4v) is 2.34. The van der Waals surface area contributed by atoms with Gasteiger partial charge in [0.1, 0.15) is 0 Å². The van der Waals surface area contributed by atoms with Crippen molar-refractivity contribution in [2.24, 2.45) is 0 Å². The molecule has 1 saturated heterocycles. The van der Waals surface area contributed by atoms with Crippen LogP contribution in [-0.4, -0.2) is 48.7 Å². The smallest absolute Gasteiger partial charge is 0.872 e. The Hall–Kier alpha value is 0.302. The molecule has 0 unspecified atom stereocenters. The van der Waals surface area contributed by atoms with Crippen molar-refractivity contribution in [3.63, 3.8) is 0 Å². The molecule has 1 aliphatic heterocycles. The summed E-state index contributed by atoms with van der Waals surface area (Å²) in [4.78, 5) is 15.0. The van der Waals surface area contributed by atoms with E-state index in [2.05, 4.69) is 9.80 Å². The quantitative estimate of drug-likeness (QED) is 0.610. The summed E-state index contributed by atoms with van der Waals surface area (Å²) in [5.41, 5.74) is 1.09. The van der Waals surface area contributed by atoms with Gasteiger partial charge >= 0.3 is 74.9 Å². The summed E-state index contributed by atoms with van der Waals surface area (Å²) < 4.78 is 0. The van der Waals surface area contributed by atoms with Crippen molar-refractivity contribution in [3.8, 4) is 5.75 Å². The van der Waals surface area contributed by atoms with Gasteiger partial charge in [-0.3, -0.25) is 9.69 Å². The van der Waals surface area contributed by atoms with Gasteiger partial charge in [0.25, 0.3) is 0 Å². The Morgan fingerprint density at radius 1 is 1.15 bits per heavy atom. The first-order valence-electron chi connectivity index (χ1n) is 6.61. The Balaban J connectivity index is 0.00000200. The molecule has 6 heteroatoms. The molecule has 0 radical (unpaired) electrons. The van der Waals surface area contributed by atoms with Crippen LogP contribution in [0.1, 0.15) is 12.8 Å². The molecule has 1 N–H and O–H groups in total. The van der Waals surface area contributed by atoms with E-state index in [4.69, 9.17) is 5.11 Å². The molecule has 0 aromatic heterocycles. The van der Waals surface area contributed by atoms with Crippen LogP contribution in [0.3, 0.4) is 0 Å². The van der Waals surface area contributed by atoms with Crippen molar-refractivity contribution in [2.45, 2.75) is 12.8 Å². The standard InChI is InChI=1S/C14H20N2O3.Cs/c17-13-5-3-12(4-6-13)16-10-8-15(9-11-16)7-1-2-14(18)19;/h3-6,17H,1-2,7-11H2,(H,18,19);/q;+1/p-1. The summed E-state index contributed by atoms with van der Waals surface area (Å²) in [7, 11) is 0. The van der Waals surface area contributed by atoms with Crippen LogP contribution in [0.5, 0.6) is 5.75 Å². The number of piperazine rings is 1. The maximum Gasteiger partial charge on any atom is 1.00 e. The van der Waals surface area contributed by atoms with Gasteiger partial charge in [0.05, 0.1) is 0 Å². The van der Waals surface area contributed by atoms with Gasteiger partial charge in [-0.25, -0.2) is 0 Å². The number of aliphatic carboxylic acids is 1. The first-order chi connectivity index (χ1) is 9.15. The van der Waals surface area contributed by atoms with E-state index < -0.39 is 5.97 Å². The number of benzene rings is 1. The van der Waals surface area contributed by atoms with Gasteiger partial charge in [-0.2, -0.15) is 0 Å². The molecular formula is C14H19CsN2O3. The van der Waals surface area contributed by atoms with Crippen LogP contribution in [0.2, 0.25) is 0 Å². The predicted molar refractivity (Wildman–Crippen MR) is 71.4 cm³/mol. The fraction of sp³-hybridized carbons (Fsp3) is 0.500. The first-order valence-corrected chi connectivity index (χ1v) is 6.61. The fourth-order valence-electron chi connectivity index (χ4n) is 2.34. The summed E-state index contributed by atoms with van der Waals surface area (Å²) in [5.74, 6) is -0.688. The van der Waals surface area contributed by atoms with E-state index in [1.165, 1.54) is 0 Å². The van der Waals surface area contributed by atoms with Gasteiger partial charge in [0.2, 0.25) is 0 Å². The van der Waals surface area contributed by atoms with Gasteiger partial charge in [-0.15, -0.1) is 5.75 Å². The summed E-state index contributed by atoms with van der Waals surface area (Å²) >= 11 is 0. The van der Waals surface area contributed by atoms with E-state index in [0.717, 1.165) is 38.4 Å². The average molecular weight is 396 g/mol. The second-order valence-corrected chi connectivity index (χ2v) is 4.82. The number of carboxylic acid groups (broad SMARTS) is 1. The van der Waals surface area contributed by atoms with Crippen molar-refractivity contribution >= 4 is 11.7 Å². The minimum Gasteiger partial charge on any atom is -0.872 e. The van der Waals surface area contributed by atoms with Crippen LogP contribution < -0.4 is 78.9 Å². The molecule has 0 aliphatic carbocycles. The third-order valence-electron chi connectivity index (χ3n) is 3.44. The number of carboxylic acids is 1. The Labute approximate surface area is 178 Å². The number of carbonyl (C=O) groups is 1. The van der Waals surface area contributed by atoms with Gasteiger partial charge in [0, 0.05) is 38.3 Å². The number of rotatable bonds is 5. The molecule has 1 heterocycles. The van der Waals surface area contributed by atoms with Crippen molar-refractivity contribution in [1.82, 2.24) is 4.90 Å². The van der Waals surface area contributed by atoms with Crippen LogP contribution >= 0.6 is 0 Å². The van der Waals surface area contributed by atoms with Crippen LogP contribution in [0.4, 0.5) is 5.69 Å². The van der Waals surface area contributed by atoms with Crippen molar-refractivity contribution in [3.05, 3.63) is 24.3 Å². The normalized spacial score (nSPS) is 15.7. The zero-order valence-corrected chi connectivity index (χ0v) is 18.2. The average Bonchev–Trinajstić information content (AvgIpc) is 2.40. The van der Waals surface area contributed by atoms with Crippen molar-refractivity contribution in [1.29, 1.82) is 0 Å². The molecule has 0 atom stereocenters. The molecule has 0 spiro atoms. The minimum absolute atomic E-state index is 0. The SMILES string of the molecule is O=C(O)CCCN1CCN(c2ccc([O-])cc2)CC1.[Cs+]. The van der Waals surface area contributed by atoms with Gasteiger partial charge in [-0.05, 0) is 25.1 Å². The summed E-state index contributed by atoms with van der Waals surface area (Å²) in [6, 6.07) is 6.91. The number of nitrogens with zero attached hydrogens (tertiary/aromatic N) is 2. The van der Waals surface area contributed by atoms with Crippen LogP contribution in [0.15, 0.2) is 24.3 Å². The van der Waals surface area contributed by atoms with Crippen LogP contribution in [-0.2, 0) is 4.79 Å². The molecule has 0 saturated carbocycles. The van der Waals surface area contributed by atoms with E-state index in [-0.39, 0.29) is 81.1 Å². The third kappa shape index (κ3) is 5.97. The van der Waals surface area contributed by atoms with E-state index >= 15 is 0 Å².